The number of sulfonamides is 1. The van der Waals surface area contributed by atoms with Gasteiger partial charge in [0.2, 0.25) is 10.0 Å². The highest BCUT2D eigenvalue weighted by molar-refractivity contribution is 7.89. The average molecular weight is 328 g/mol. The number of ether oxygens (including phenoxy) is 1. The lowest BCUT2D eigenvalue weighted by Gasteiger charge is -2.23. The maximum absolute atomic E-state index is 12.0. The third-order valence-corrected chi connectivity index (χ3v) is 5.45. The summed E-state index contributed by atoms with van der Waals surface area (Å²) in [6, 6.07) is 9.22. The molecule has 0 aliphatic heterocycles. The van der Waals surface area contributed by atoms with Crippen LogP contribution in [0.4, 0.5) is 4.79 Å². The van der Waals surface area contributed by atoms with Crippen molar-refractivity contribution in [2.75, 3.05) is 19.3 Å². The molecule has 124 valence electrons. The van der Waals surface area contributed by atoms with Gasteiger partial charge in [-0.2, -0.15) is 0 Å². The summed E-state index contributed by atoms with van der Waals surface area (Å²) < 4.78 is 30.4. The predicted molar refractivity (Wildman–Crippen MR) is 85.9 cm³/mol. The molecule has 0 aliphatic rings. The quantitative estimate of drug-likeness (QED) is 0.791. The number of rotatable bonds is 8. The van der Waals surface area contributed by atoms with E-state index in [1.54, 1.807) is 7.05 Å². The van der Waals surface area contributed by atoms with Gasteiger partial charge >= 0.3 is 6.09 Å². The molecule has 7 heteroatoms. The largest absolute Gasteiger partial charge is 0.445 e. The Kier molecular flexibility index (Phi) is 7.34. The molecule has 1 aromatic rings. The Morgan fingerprint density at radius 1 is 1.32 bits per heavy atom. The van der Waals surface area contributed by atoms with E-state index in [1.807, 2.05) is 44.2 Å². The number of carbonyl (C=O) groups excluding carboxylic acids is 1. The first-order chi connectivity index (χ1) is 10.4. The second-order valence-electron chi connectivity index (χ2n) is 5.08. The number of alkyl carbamates (subject to hydrolysis) is 1. The minimum Gasteiger partial charge on any atom is -0.445 e. The fraction of sp³-hybridized carbons (Fsp3) is 0.533. The summed E-state index contributed by atoms with van der Waals surface area (Å²) in [7, 11) is -1.82. The summed E-state index contributed by atoms with van der Waals surface area (Å²) >= 11 is 0. The zero-order valence-corrected chi connectivity index (χ0v) is 14.1. The lowest BCUT2D eigenvalue weighted by atomic mass is 10.2. The van der Waals surface area contributed by atoms with Crippen LogP contribution in [-0.2, 0) is 21.4 Å². The number of nitrogens with one attached hydrogen (secondary N) is 1. The minimum absolute atomic E-state index is 0.0245. The van der Waals surface area contributed by atoms with Gasteiger partial charge in [-0.3, -0.25) is 0 Å². The van der Waals surface area contributed by atoms with Crippen LogP contribution < -0.4 is 5.32 Å². The van der Waals surface area contributed by atoms with E-state index < -0.39 is 16.1 Å². The van der Waals surface area contributed by atoms with Crippen molar-refractivity contribution in [1.82, 2.24) is 9.62 Å². The van der Waals surface area contributed by atoms with E-state index in [9.17, 15) is 13.2 Å². The Labute approximate surface area is 132 Å². The first-order valence-corrected chi connectivity index (χ1v) is 8.88. The molecule has 1 aromatic carbocycles. The molecule has 0 spiro atoms. The number of hydrogen-bond donors (Lipinski definition) is 1. The number of amides is 1. The molecule has 22 heavy (non-hydrogen) atoms. The zero-order chi connectivity index (χ0) is 16.6. The molecule has 0 heterocycles. The summed E-state index contributed by atoms with van der Waals surface area (Å²) in [5.41, 5.74) is 0.877. The molecule has 0 bridgehead atoms. The van der Waals surface area contributed by atoms with Crippen LogP contribution >= 0.6 is 0 Å². The van der Waals surface area contributed by atoms with Crippen molar-refractivity contribution in [1.29, 1.82) is 0 Å². The highest BCUT2D eigenvalue weighted by atomic mass is 32.2. The van der Waals surface area contributed by atoms with Crippen LogP contribution in [0.3, 0.4) is 0 Å². The number of carbonyl (C=O) groups is 1. The maximum Gasteiger partial charge on any atom is 0.407 e. The molecule has 1 N–H and O–H groups in total. The summed E-state index contributed by atoms with van der Waals surface area (Å²) in [4.78, 5) is 11.5. The van der Waals surface area contributed by atoms with Crippen molar-refractivity contribution >= 4 is 16.1 Å². The van der Waals surface area contributed by atoms with Gasteiger partial charge in [0.15, 0.2) is 0 Å². The number of hydrogen-bond acceptors (Lipinski definition) is 4. The minimum atomic E-state index is -3.37. The van der Waals surface area contributed by atoms with Crippen molar-refractivity contribution in [3.05, 3.63) is 35.9 Å². The van der Waals surface area contributed by atoms with Crippen LogP contribution in [0.1, 0.15) is 25.8 Å². The Morgan fingerprint density at radius 3 is 2.55 bits per heavy atom. The SMILES string of the molecule is CC[C@H](C)N(C)S(=O)(=O)CCNC(=O)OCc1ccccc1. The number of nitrogens with zero attached hydrogens (tertiary/aromatic N) is 1. The molecule has 0 saturated heterocycles. The Balaban J connectivity index is 2.32. The fourth-order valence-electron chi connectivity index (χ4n) is 1.73. The van der Waals surface area contributed by atoms with E-state index in [1.165, 1.54) is 4.31 Å². The van der Waals surface area contributed by atoms with Gasteiger partial charge in [0, 0.05) is 19.6 Å². The molecule has 0 radical (unpaired) electrons. The van der Waals surface area contributed by atoms with Crippen molar-refractivity contribution < 1.29 is 17.9 Å². The molecule has 1 amide bonds. The van der Waals surface area contributed by atoms with Crippen LogP contribution in [-0.4, -0.2) is 44.2 Å². The highest BCUT2D eigenvalue weighted by Crippen LogP contribution is 2.07. The van der Waals surface area contributed by atoms with Gasteiger partial charge < -0.3 is 10.1 Å². The molecule has 6 nitrogen and oxygen atoms in total. The van der Waals surface area contributed by atoms with Gasteiger partial charge in [0.05, 0.1) is 5.75 Å². The van der Waals surface area contributed by atoms with E-state index in [-0.39, 0.29) is 24.9 Å². The van der Waals surface area contributed by atoms with E-state index >= 15 is 0 Å². The van der Waals surface area contributed by atoms with Crippen LogP contribution in [0.2, 0.25) is 0 Å². The highest BCUT2D eigenvalue weighted by Gasteiger charge is 2.21. The molecule has 1 rings (SSSR count). The second kappa shape index (κ2) is 8.75. The van der Waals surface area contributed by atoms with Crippen LogP contribution in [0, 0.1) is 0 Å². The topological polar surface area (TPSA) is 75.7 Å². The van der Waals surface area contributed by atoms with Crippen molar-refractivity contribution in [3.63, 3.8) is 0 Å². The molecule has 0 aliphatic carbocycles. The molecular formula is C15H24N2O4S. The normalized spacial score (nSPS) is 12.9. The average Bonchev–Trinajstić information content (AvgIpc) is 2.52. The third-order valence-electron chi connectivity index (χ3n) is 3.49. The van der Waals surface area contributed by atoms with Crippen molar-refractivity contribution in [2.24, 2.45) is 0 Å². The fourth-order valence-corrected chi connectivity index (χ4v) is 3.08. The maximum atomic E-state index is 12.0. The summed E-state index contributed by atoms with van der Waals surface area (Å²) in [6.07, 6.45) is 0.118. The van der Waals surface area contributed by atoms with Crippen LogP contribution in [0.5, 0.6) is 0 Å². The third kappa shape index (κ3) is 6.03. The molecule has 0 fully saturated rings. The van der Waals surface area contributed by atoms with Crippen LogP contribution in [0.15, 0.2) is 30.3 Å². The first kappa shape index (κ1) is 18.4. The van der Waals surface area contributed by atoms with Gasteiger partial charge in [-0.15, -0.1) is 0 Å². The summed E-state index contributed by atoms with van der Waals surface area (Å²) in [5, 5.41) is 2.45. The van der Waals surface area contributed by atoms with Crippen molar-refractivity contribution in [2.45, 2.75) is 32.9 Å². The van der Waals surface area contributed by atoms with E-state index in [0.29, 0.717) is 0 Å². The lowest BCUT2D eigenvalue weighted by molar-refractivity contribution is 0.140. The van der Waals surface area contributed by atoms with E-state index in [0.717, 1.165) is 12.0 Å². The van der Waals surface area contributed by atoms with Gasteiger partial charge in [0.25, 0.3) is 0 Å². The first-order valence-electron chi connectivity index (χ1n) is 7.27. The molecule has 0 saturated carbocycles. The predicted octanol–water partition coefficient (Wildman–Crippen LogP) is 1.97. The lowest BCUT2D eigenvalue weighted by Crippen LogP contribution is -2.39. The molecule has 1 atom stereocenters. The van der Waals surface area contributed by atoms with Gasteiger partial charge in [-0.1, -0.05) is 37.3 Å². The Morgan fingerprint density at radius 2 is 1.95 bits per heavy atom. The zero-order valence-electron chi connectivity index (χ0n) is 13.3. The van der Waals surface area contributed by atoms with Gasteiger partial charge in [-0.05, 0) is 18.9 Å². The standard InChI is InChI=1S/C15H24N2O4S/c1-4-13(2)17(3)22(19,20)11-10-16-15(18)21-12-14-8-6-5-7-9-14/h5-9,13H,4,10-12H2,1-3H3,(H,16,18)/t13-/m0/s1. The van der Waals surface area contributed by atoms with E-state index in [2.05, 4.69) is 5.32 Å². The smallest absolute Gasteiger partial charge is 0.407 e. The number of benzene rings is 1. The molecular weight excluding hydrogens is 304 g/mol. The van der Waals surface area contributed by atoms with Gasteiger partial charge in [-0.25, -0.2) is 17.5 Å². The summed E-state index contributed by atoms with van der Waals surface area (Å²) in [6.45, 7) is 3.96. The van der Waals surface area contributed by atoms with E-state index in [4.69, 9.17) is 4.74 Å². The molecule has 0 aromatic heterocycles. The monoisotopic (exact) mass is 328 g/mol. The molecule has 0 unspecified atom stereocenters. The van der Waals surface area contributed by atoms with Crippen molar-refractivity contribution in [3.8, 4) is 0 Å². The Bertz CT molecular complexity index is 560. The van der Waals surface area contributed by atoms with Crippen LogP contribution in [0.25, 0.3) is 0 Å². The Hall–Kier alpha value is -1.60. The summed E-state index contributed by atoms with van der Waals surface area (Å²) in [5.74, 6) is -0.145. The second-order valence-corrected chi connectivity index (χ2v) is 7.23. The van der Waals surface area contributed by atoms with Gasteiger partial charge in [0.1, 0.15) is 6.61 Å².